The van der Waals surface area contributed by atoms with Gasteiger partial charge in [-0.1, -0.05) is 6.07 Å². The number of carbonyl (C=O) groups is 3. The second-order valence-electron chi connectivity index (χ2n) is 9.05. The van der Waals surface area contributed by atoms with E-state index in [1.54, 1.807) is 24.3 Å². The highest BCUT2D eigenvalue weighted by atomic mass is 19.1. The number of carbonyl (C=O) groups excluding carboxylic acids is 3. The number of nitrogens with zero attached hydrogens (tertiary/aromatic N) is 2. The van der Waals surface area contributed by atoms with E-state index in [1.165, 1.54) is 18.0 Å². The average molecular weight is 513 g/mol. The Hall–Kier alpha value is -3.50. The van der Waals surface area contributed by atoms with E-state index in [1.807, 2.05) is 6.07 Å². The summed E-state index contributed by atoms with van der Waals surface area (Å²) in [5, 5.41) is 5.83. The Morgan fingerprint density at radius 2 is 2.05 bits per heavy atom. The van der Waals surface area contributed by atoms with Crippen molar-refractivity contribution >= 4 is 23.8 Å². The molecule has 2 amide bonds. The van der Waals surface area contributed by atoms with Crippen LogP contribution < -0.4 is 15.4 Å². The van der Waals surface area contributed by atoms with E-state index in [2.05, 4.69) is 15.5 Å². The van der Waals surface area contributed by atoms with Crippen molar-refractivity contribution in [2.24, 2.45) is 0 Å². The third-order valence-electron chi connectivity index (χ3n) is 6.75. The first-order valence-corrected chi connectivity index (χ1v) is 12.5. The maximum atomic E-state index is 14.6. The van der Waals surface area contributed by atoms with Gasteiger partial charge in [0.2, 0.25) is 5.91 Å². The molecule has 0 saturated carbocycles. The van der Waals surface area contributed by atoms with E-state index in [0.29, 0.717) is 29.2 Å². The lowest BCUT2D eigenvalue weighted by Crippen LogP contribution is -2.46. The number of hydrogen-bond donors (Lipinski definition) is 2. The van der Waals surface area contributed by atoms with Gasteiger partial charge in [0.15, 0.2) is 0 Å². The monoisotopic (exact) mass is 512 g/mol. The third-order valence-corrected chi connectivity index (χ3v) is 6.75. The van der Waals surface area contributed by atoms with Gasteiger partial charge in [-0.3, -0.25) is 14.5 Å². The third kappa shape index (κ3) is 6.44. The standard InChI is InChI=1S/C27H33FN4O5/c1-29-26(34)25(6-3-12-33)32-18-22-21(27(32)35)4-2-5-24(22)30-17-19-16-20(7-8-23(19)28)37-15-11-31-9-13-36-14-10-31/h2,4-5,7-8,12,16,25,30H,3,6,9-11,13-15,17-18H2,1H3,(H,29,34). The van der Waals surface area contributed by atoms with Crippen molar-refractivity contribution in [1.29, 1.82) is 0 Å². The van der Waals surface area contributed by atoms with Gasteiger partial charge in [0.1, 0.15) is 30.5 Å². The number of hydrogen-bond acceptors (Lipinski definition) is 7. The number of benzene rings is 2. The molecule has 4 rings (SSSR count). The maximum absolute atomic E-state index is 14.6. The van der Waals surface area contributed by atoms with Gasteiger partial charge >= 0.3 is 0 Å². The fourth-order valence-electron chi connectivity index (χ4n) is 4.68. The van der Waals surface area contributed by atoms with Gasteiger partial charge in [-0.15, -0.1) is 0 Å². The summed E-state index contributed by atoms with van der Waals surface area (Å²) in [6.07, 6.45) is 1.16. The van der Waals surface area contributed by atoms with Crippen LogP contribution in [0.15, 0.2) is 36.4 Å². The van der Waals surface area contributed by atoms with Crippen molar-refractivity contribution < 1.29 is 28.2 Å². The zero-order valence-corrected chi connectivity index (χ0v) is 21.0. The van der Waals surface area contributed by atoms with E-state index in [0.717, 1.165) is 44.7 Å². The summed E-state index contributed by atoms with van der Waals surface area (Å²) in [5.41, 5.74) is 2.37. The summed E-state index contributed by atoms with van der Waals surface area (Å²) in [5.74, 6) is -0.341. The van der Waals surface area contributed by atoms with Crippen LogP contribution in [-0.2, 0) is 27.4 Å². The number of halogens is 1. The average Bonchev–Trinajstić information content (AvgIpc) is 3.26. The van der Waals surface area contributed by atoms with Crippen molar-refractivity contribution in [3.8, 4) is 5.75 Å². The van der Waals surface area contributed by atoms with Gasteiger partial charge in [-0.05, 0) is 36.8 Å². The Kier molecular flexibility index (Phi) is 9.08. The molecule has 198 valence electrons. The molecule has 2 aliphatic rings. The van der Waals surface area contributed by atoms with E-state index in [9.17, 15) is 18.8 Å². The number of amides is 2. The molecule has 0 spiro atoms. The van der Waals surface area contributed by atoms with Crippen molar-refractivity contribution in [2.45, 2.75) is 32.0 Å². The summed E-state index contributed by atoms with van der Waals surface area (Å²) < 4.78 is 25.8. The maximum Gasteiger partial charge on any atom is 0.255 e. The van der Waals surface area contributed by atoms with Gasteiger partial charge < -0.3 is 29.8 Å². The van der Waals surface area contributed by atoms with Crippen LogP contribution in [0.1, 0.15) is 34.3 Å². The van der Waals surface area contributed by atoms with Gasteiger partial charge in [0, 0.05) is 68.6 Å². The fourth-order valence-corrected chi connectivity index (χ4v) is 4.68. The highest BCUT2D eigenvalue weighted by Crippen LogP contribution is 2.32. The minimum absolute atomic E-state index is 0.174. The summed E-state index contributed by atoms with van der Waals surface area (Å²) in [7, 11) is 1.51. The molecule has 37 heavy (non-hydrogen) atoms. The molecule has 0 aliphatic carbocycles. The van der Waals surface area contributed by atoms with E-state index in [-0.39, 0.29) is 43.6 Å². The van der Waals surface area contributed by atoms with E-state index < -0.39 is 6.04 Å². The molecule has 0 aromatic heterocycles. The predicted octanol–water partition coefficient (Wildman–Crippen LogP) is 2.20. The van der Waals surface area contributed by atoms with Crippen molar-refractivity contribution in [3.05, 3.63) is 58.9 Å². The molecule has 9 nitrogen and oxygen atoms in total. The molecule has 2 N–H and O–H groups in total. The first kappa shape index (κ1) is 26.6. The van der Waals surface area contributed by atoms with Gasteiger partial charge in [-0.25, -0.2) is 4.39 Å². The largest absolute Gasteiger partial charge is 0.492 e. The molecule has 1 fully saturated rings. The molecule has 1 unspecified atom stereocenters. The second kappa shape index (κ2) is 12.6. The van der Waals surface area contributed by atoms with Crippen molar-refractivity contribution in [1.82, 2.24) is 15.1 Å². The number of rotatable bonds is 12. The van der Waals surface area contributed by atoms with Gasteiger partial charge in [-0.2, -0.15) is 0 Å². The Labute approximate surface area is 215 Å². The van der Waals surface area contributed by atoms with Crippen molar-refractivity contribution in [2.75, 3.05) is 51.8 Å². The number of anilines is 1. The predicted molar refractivity (Wildman–Crippen MR) is 136 cm³/mol. The first-order chi connectivity index (χ1) is 18.0. The summed E-state index contributed by atoms with van der Waals surface area (Å²) in [4.78, 5) is 40.2. The zero-order chi connectivity index (χ0) is 26.2. The Balaban J connectivity index is 1.41. The topological polar surface area (TPSA) is 100 Å². The molecule has 2 aliphatic heterocycles. The van der Waals surface area contributed by atoms with Gasteiger partial charge in [0.25, 0.3) is 5.91 Å². The molecule has 2 aromatic carbocycles. The lowest BCUT2D eigenvalue weighted by Gasteiger charge is -2.26. The number of ether oxygens (including phenoxy) is 2. The Morgan fingerprint density at radius 3 is 2.81 bits per heavy atom. The number of aldehydes is 1. The smallest absolute Gasteiger partial charge is 0.255 e. The lowest BCUT2D eigenvalue weighted by molar-refractivity contribution is -0.125. The minimum Gasteiger partial charge on any atom is -0.492 e. The highest BCUT2D eigenvalue weighted by molar-refractivity contribution is 6.02. The number of morpholine rings is 1. The molecule has 1 saturated heterocycles. The van der Waals surface area contributed by atoms with Crippen LogP contribution in [0, 0.1) is 5.82 Å². The normalized spacial score (nSPS) is 16.3. The lowest BCUT2D eigenvalue weighted by atomic mass is 10.1. The van der Waals surface area contributed by atoms with Crippen LogP contribution >= 0.6 is 0 Å². The molecular formula is C27H33FN4O5. The van der Waals surface area contributed by atoms with Gasteiger partial charge in [0.05, 0.1) is 13.2 Å². The molecule has 2 heterocycles. The van der Waals surface area contributed by atoms with Crippen LogP contribution in [0.25, 0.3) is 0 Å². The summed E-state index contributed by atoms with van der Waals surface area (Å²) in [6, 6.07) is 9.25. The number of fused-ring (bicyclic) bond motifs is 1. The second-order valence-corrected chi connectivity index (χ2v) is 9.05. The van der Waals surface area contributed by atoms with Crippen LogP contribution in [0.4, 0.5) is 10.1 Å². The summed E-state index contributed by atoms with van der Waals surface area (Å²) >= 11 is 0. The fraction of sp³-hybridized carbons (Fsp3) is 0.444. The van der Waals surface area contributed by atoms with Crippen LogP contribution in [0.5, 0.6) is 5.75 Å². The molecule has 10 heteroatoms. The quantitative estimate of drug-likeness (QED) is 0.421. The SMILES string of the molecule is CNC(=O)C(CCC=O)N1Cc2c(NCc3cc(OCCN4CCOCC4)ccc3F)cccc2C1=O. The van der Waals surface area contributed by atoms with E-state index >= 15 is 0 Å². The highest BCUT2D eigenvalue weighted by Gasteiger charge is 2.36. The summed E-state index contributed by atoms with van der Waals surface area (Å²) in [6.45, 7) is 4.91. The number of likely N-dealkylation sites (N-methyl/N-ethyl adjacent to an activating group) is 1. The number of nitrogens with one attached hydrogen (secondary N) is 2. The molecule has 1 atom stereocenters. The zero-order valence-electron chi connectivity index (χ0n) is 21.0. The first-order valence-electron chi connectivity index (χ1n) is 12.5. The molecular weight excluding hydrogens is 479 g/mol. The Bertz CT molecular complexity index is 1120. The molecule has 0 radical (unpaired) electrons. The van der Waals surface area contributed by atoms with E-state index in [4.69, 9.17) is 9.47 Å². The van der Waals surface area contributed by atoms with Crippen LogP contribution in [0.2, 0.25) is 0 Å². The Morgan fingerprint density at radius 1 is 1.24 bits per heavy atom. The van der Waals surface area contributed by atoms with Crippen LogP contribution in [0.3, 0.4) is 0 Å². The minimum atomic E-state index is -0.744. The molecule has 0 bridgehead atoms. The van der Waals surface area contributed by atoms with Crippen molar-refractivity contribution in [3.63, 3.8) is 0 Å². The van der Waals surface area contributed by atoms with Crippen LogP contribution in [-0.4, -0.2) is 80.4 Å². The molecule has 2 aromatic rings.